The van der Waals surface area contributed by atoms with E-state index in [-0.39, 0.29) is 0 Å². The summed E-state index contributed by atoms with van der Waals surface area (Å²) in [5.41, 5.74) is 0. The molecule has 0 spiro atoms. The van der Waals surface area contributed by atoms with Crippen LogP contribution in [-0.2, 0) is 0 Å². The van der Waals surface area contributed by atoms with Crippen LogP contribution in [-0.4, -0.2) is 12.6 Å². The third-order valence-corrected chi connectivity index (χ3v) is 3.60. The van der Waals surface area contributed by atoms with E-state index in [9.17, 15) is 0 Å². The maximum atomic E-state index is 4.68. The van der Waals surface area contributed by atoms with E-state index >= 15 is 0 Å². The second-order valence-electron chi connectivity index (χ2n) is 5.69. The van der Waals surface area contributed by atoms with Crippen molar-refractivity contribution in [2.24, 2.45) is 0 Å². The van der Waals surface area contributed by atoms with Crippen molar-refractivity contribution in [3.05, 3.63) is 12.2 Å². The van der Waals surface area contributed by atoms with Gasteiger partial charge in [0.2, 0.25) is 0 Å². The minimum absolute atomic E-state index is 0.589. The Balaban J connectivity index is 3.11. The van der Waals surface area contributed by atoms with Crippen LogP contribution in [0.3, 0.4) is 0 Å². The molecule has 0 aliphatic carbocycles. The minimum atomic E-state index is 0.589. The zero-order valence-electron chi connectivity index (χ0n) is 13.7. The molecule has 0 bridgehead atoms. The van der Waals surface area contributed by atoms with Crippen molar-refractivity contribution in [1.29, 1.82) is 0 Å². The van der Waals surface area contributed by atoms with Crippen LogP contribution in [0.15, 0.2) is 12.2 Å². The van der Waals surface area contributed by atoms with Gasteiger partial charge in [-0.05, 0) is 39.0 Å². The molecule has 0 aromatic rings. The van der Waals surface area contributed by atoms with Crippen LogP contribution in [0, 0.1) is 0 Å². The first-order chi connectivity index (χ1) is 9.31. The van der Waals surface area contributed by atoms with Crippen molar-refractivity contribution >= 4 is 0 Å². The zero-order chi connectivity index (χ0) is 14.2. The molecule has 0 aliphatic heterocycles. The quantitative estimate of drug-likeness (QED) is 0.276. The average Bonchev–Trinajstić information content (AvgIpc) is 2.41. The standard InChI is InChI=1S/C18H36N/c1-4-6-8-9-10-11-12-13-14-15-16-18(3)19-17-7-5-2/h6,8,18H,4-5,7,9-17H2,1-3H3. The number of nitrogens with zero attached hydrogens (tertiary/aromatic N) is 1. The fourth-order valence-corrected chi connectivity index (χ4v) is 2.25. The summed E-state index contributed by atoms with van der Waals surface area (Å²) < 4.78 is 0. The largest absolute Gasteiger partial charge is 0.239 e. The van der Waals surface area contributed by atoms with Gasteiger partial charge in [-0.2, -0.15) is 0 Å². The molecule has 1 nitrogen and oxygen atoms in total. The van der Waals surface area contributed by atoms with E-state index in [0.717, 1.165) is 6.54 Å². The molecule has 113 valence electrons. The van der Waals surface area contributed by atoms with Gasteiger partial charge >= 0.3 is 0 Å². The topological polar surface area (TPSA) is 14.1 Å². The van der Waals surface area contributed by atoms with Gasteiger partial charge in [0, 0.05) is 12.6 Å². The number of unbranched alkanes of at least 4 members (excludes halogenated alkanes) is 7. The molecule has 0 saturated heterocycles. The molecular weight excluding hydrogens is 230 g/mol. The molecule has 1 unspecified atom stereocenters. The van der Waals surface area contributed by atoms with Gasteiger partial charge in [-0.3, -0.25) is 0 Å². The van der Waals surface area contributed by atoms with Crippen molar-refractivity contribution < 1.29 is 0 Å². The number of hydrogen-bond acceptors (Lipinski definition) is 0. The summed E-state index contributed by atoms with van der Waals surface area (Å²) in [6.45, 7) is 7.78. The lowest BCUT2D eigenvalue weighted by Gasteiger charge is -2.10. The summed E-state index contributed by atoms with van der Waals surface area (Å²) in [5.74, 6) is 0. The van der Waals surface area contributed by atoms with Crippen molar-refractivity contribution in [3.63, 3.8) is 0 Å². The van der Waals surface area contributed by atoms with Gasteiger partial charge in [-0.25, -0.2) is 5.32 Å². The molecular formula is C18H36N. The fourth-order valence-electron chi connectivity index (χ4n) is 2.25. The first-order valence-corrected chi connectivity index (χ1v) is 8.62. The van der Waals surface area contributed by atoms with E-state index in [1.165, 1.54) is 70.6 Å². The Hall–Kier alpha value is -0.300. The molecule has 1 radical (unpaired) electrons. The van der Waals surface area contributed by atoms with Crippen molar-refractivity contribution in [2.75, 3.05) is 6.54 Å². The highest BCUT2D eigenvalue weighted by molar-refractivity contribution is 4.79. The van der Waals surface area contributed by atoms with Crippen molar-refractivity contribution in [3.8, 4) is 0 Å². The Morgan fingerprint density at radius 2 is 1.53 bits per heavy atom. The molecule has 0 aliphatic rings. The number of rotatable bonds is 14. The highest BCUT2D eigenvalue weighted by atomic mass is 14.9. The Kier molecular flexibility index (Phi) is 15.5. The van der Waals surface area contributed by atoms with Crippen LogP contribution in [0.1, 0.15) is 91.4 Å². The molecule has 1 heteroatoms. The molecule has 0 fully saturated rings. The smallest absolute Gasteiger partial charge is 0.0217 e. The summed E-state index contributed by atoms with van der Waals surface area (Å²) in [5, 5.41) is 4.68. The van der Waals surface area contributed by atoms with E-state index in [2.05, 4.69) is 38.2 Å². The lowest BCUT2D eigenvalue weighted by Crippen LogP contribution is -2.19. The first-order valence-electron chi connectivity index (χ1n) is 8.62. The molecule has 0 rings (SSSR count). The van der Waals surface area contributed by atoms with Crippen LogP contribution in [0.5, 0.6) is 0 Å². The Labute approximate surface area is 122 Å². The van der Waals surface area contributed by atoms with Gasteiger partial charge in [0.05, 0.1) is 0 Å². The SMILES string of the molecule is CCC=CCCCCCCCCC(C)[N]CCCC. The van der Waals surface area contributed by atoms with E-state index in [1.54, 1.807) is 0 Å². The molecule has 0 saturated carbocycles. The highest BCUT2D eigenvalue weighted by Gasteiger charge is 2.01. The van der Waals surface area contributed by atoms with Crippen LogP contribution < -0.4 is 5.32 Å². The maximum absolute atomic E-state index is 4.68. The summed E-state index contributed by atoms with van der Waals surface area (Å²) >= 11 is 0. The van der Waals surface area contributed by atoms with Gasteiger partial charge < -0.3 is 0 Å². The van der Waals surface area contributed by atoms with Gasteiger partial charge in [0.25, 0.3) is 0 Å². The Bertz CT molecular complexity index is 186. The first kappa shape index (κ1) is 18.7. The third kappa shape index (κ3) is 15.6. The summed E-state index contributed by atoms with van der Waals surface area (Å²) in [4.78, 5) is 0. The third-order valence-electron chi connectivity index (χ3n) is 3.60. The second kappa shape index (κ2) is 15.8. The van der Waals surface area contributed by atoms with Crippen LogP contribution in [0.2, 0.25) is 0 Å². The van der Waals surface area contributed by atoms with Gasteiger partial charge in [0.1, 0.15) is 0 Å². The van der Waals surface area contributed by atoms with Gasteiger partial charge in [0.15, 0.2) is 0 Å². The molecule has 0 N–H and O–H groups in total. The lowest BCUT2D eigenvalue weighted by molar-refractivity contribution is 0.465. The normalized spacial score (nSPS) is 13.2. The number of hydrogen-bond donors (Lipinski definition) is 0. The van der Waals surface area contributed by atoms with Crippen molar-refractivity contribution in [1.82, 2.24) is 5.32 Å². The lowest BCUT2D eigenvalue weighted by atomic mass is 10.1. The minimum Gasteiger partial charge on any atom is -0.239 e. The zero-order valence-corrected chi connectivity index (χ0v) is 13.7. The van der Waals surface area contributed by atoms with Crippen LogP contribution in [0.4, 0.5) is 0 Å². The predicted octanol–water partition coefficient (Wildman–Crippen LogP) is 5.87. The van der Waals surface area contributed by atoms with E-state index in [1.807, 2.05) is 0 Å². The molecule has 0 aromatic carbocycles. The Morgan fingerprint density at radius 1 is 0.842 bits per heavy atom. The summed E-state index contributed by atoms with van der Waals surface area (Å²) in [6, 6.07) is 0.589. The van der Waals surface area contributed by atoms with E-state index < -0.39 is 0 Å². The molecule has 19 heavy (non-hydrogen) atoms. The van der Waals surface area contributed by atoms with Gasteiger partial charge in [-0.1, -0.05) is 64.5 Å². The fraction of sp³-hybridized carbons (Fsp3) is 0.889. The van der Waals surface area contributed by atoms with Gasteiger partial charge in [-0.15, -0.1) is 0 Å². The molecule has 0 aromatic heterocycles. The number of allylic oxidation sites excluding steroid dienone is 2. The highest BCUT2D eigenvalue weighted by Crippen LogP contribution is 2.10. The van der Waals surface area contributed by atoms with Crippen LogP contribution in [0.25, 0.3) is 0 Å². The summed E-state index contributed by atoms with van der Waals surface area (Å²) in [7, 11) is 0. The average molecular weight is 266 g/mol. The Morgan fingerprint density at radius 3 is 2.21 bits per heavy atom. The second-order valence-corrected chi connectivity index (χ2v) is 5.69. The maximum Gasteiger partial charge on any atom is 0.0217 e. The summed E-state index contributed by atoms with van der Waals surface area (Å²) in [6.07, 6.45) is 19.3. The molecule has 0 heterocycles. The van der Waals surface area contributed by atoms with E-state index in [4.69, 9.17) is 0 Å². The van der Waals surface area contributed by atoms with E-state index in [0.29, 0.717) is 6.04 Å². The van der Waals surface area contributed by atoms with Crippen LogP contribution >= 0.6 is 0 Å². The monoisotopic (exact) mass is 266 g/mol. The molecule has 0 amide bonds. The predicted molar refractivity (Wildman–Crippen MR) is 87.7 cm³/mol. The van der Waals surface area contributed by atoms with Crippen molar-refractivity contribution in [2.45, 2.75) is 97.4 Å². The molecule has 1 atom stereocenters.